The molecule has 2 rings (SSSR count). The lowest BCUT2D eigenvalue weighted by Crippen LogP contribution is -2.05. The van der Waals surface area contributed by atoms with Crippen molar-refractivity contribution in [1.82, 2.24) is 0 Å². The molecule has 0 spiro atoms. The first kappa shape index (κ1) is 14.8. The molecule has 0 atom stereocenters. The number of hydrogen-bond acceptors (Lipinski definition) is 2. The van der Waals surface area contributed by atoms with Crippen LogP contribution in [0, 0.1) is 23.0 Å². The van der Waals surface area contributed by atoms with Crippen LogP contribution in [0.5, 0.6) is 0 Å². The molecule has 0 aliphatic carbocycles. The lowest BCUT2D eigenvalue weighted by Gasteiger charge is -2.10. The highest BCUT2D eigenvalue weighted by molar-refractivity contribution is 9.10. The fourth-order valence-corrected chi connectivity index (χ4v) is 2.48. The van der Waals surface area contributed by atoms with E-state index in [0.29, 0.717) is 15.2 Å². The third kappa shape index (κ3) is 3.27. The van der Waals surface area contributed by atoms with Crippen molar-refractivity contribution in [1.29, 1.82) is 5.26 Å². The second-order valence-electron chi connectivity index (χ2n) is 4.01. The lowest BCUT2D eigenvalue weighted by atomic mass is 10.1. The Morgan fingerprint density at radius 1 is 1.20 bits per heavy atom. The molecule has 0 bridgehead atoms. The third-order valence-corrected chi connectivity index (χ3v) is 3.55. The molecule has 0 radical (unpaired) electrons. The summed E-state index contributed by atoms with van der Waals surface area (Å²) in [7, 11) is 0. The molecule has 2 aromatic rings. The summed E-state index contributed by atoms with van der Waals surface area (Å²) in [6.45, 7) is -0.0381. The van der Waals surface area contributed by atoms with Gasteiger partial charge in [0.1, 0.15) is 11.6 Å². The van der Waals surface area contributed by atoms with Crippen LogP contribution in [-0.2, 0) is 6.54 Å². The van der Waals surface area contributed by atoms with Gasteiger partial charge in [-0.2, -0.15) is 5.26 Å². The second kappa shape index (κ2) is 6.21. The summed E-state index contributed by atoms with van der Waals surface area (Å²) < 4.78 is 28.1. The van der Waals surface area contributed by atoms with Crippen LogP contribution < -0.4 is 5.32 Å². The Balaban J connectivity index is 2.21. The number of anilines is 1. The van der Waals surface area contributed by atoms with Gasteiger partial charge in [0, 0.05) is 27.3 Å². The van der Waals surface area contributed by atoms with E-state index in [1.165, 1.54) is 0 Å². The van der Waals surface area contributed by atoms with E-state index >= 15 is 0 Å². The largest absolute Gasteiger partial charge is 0.380 e. The number of nitrogens with one attached hydrogen (secondary N) is 1. The van der Waals surface area contributed by atoms with Crippen molar-refractivity contribution in [3.8, 4) is 6.07 Å². The first-order valence-electron chi connectivity index (χ1n) is 5.58. The van der Waals surface area contributed by atoms with E-state index in [1.807, 2.05) is 0 Å². The molecule has 0 saturated carbocycles. The van der Waals surface area contributed by atoms with Gasteiger partial charge in [-0.15, -0.1) is 0 Å². The standard InChI is InChI=1S/C14H8BrClF2N2/c15-11-5-9(16)1-2-14(11)20-7-10-12(17)3-8(6-19)4-13(10)18/h1-5,20H,7H2. The monoisotopic (exact) mass is 356 g/mol. The fraction of sp³-hybridized carbons (Fsp3) is 0.0714. The van der Waals surface area contributed by atoms with Gasteiger partial charge in [-0.25, -0.2) is 8.78 Å². The van der Waals surface area contributed by atoms with Gasteiger partial charge in [0.25, 0.3) is 0 Å². The van der Waals surface area contributed by atoms with Crippen molar-refractivity contribution in [2.24, 2.45) is 0 Å². The first-order chi connectivity index (χ1) is 9.51. The van der Waals surface area contributed by atoms with Crippen LogP contribution in [-0.4, -0.2) is 0 Å². The van der Waals surface area contributed by atoms with Crippen LogP contribution >= 0.6 is 27.5 Å². The zero-order valence-electron chi connectivity index (χ0n) is 10.1. The SMILES string of the molecule is N#Cc1cc(F)c(CNc2ccc(Cl)cc2Br)c(F)c1. The molecule has 2 nitrogen and oxygen atoms in total. The molecule has 6 heteroatoms. The second-order valence-corrected chi connectivity index (χ2v) is 5.30. The third-order valence-electron chi connectivity index (χ3n) is 2.66. The summed E-state index contributed by atoms with van der Waals surface area (Å²) >= 11 is 9.11. The highest BCUT2D eigenvalue weighted by Crippen LogP contribution is 2.27. The molecule has 0 aliphatic rings. The molecule has 0 aliphatic heterocycles. The average Bonchev–Trinajstić information content (AvgIpc) is 2.39. The molecule has 0 heterocycles. The van der Waals surface area contributed by atoms with Crippen molar-refractivity contribution >= 4 is 33.2 Å². The van der Waals surface area contributed by atoms with E-state index in [4.69, 9.17) is 16.9 Å². The number of rotatable bonds is 3. The predicted octanol–water partition coefficient (Wildman–Crippen LogP) is 4.86. The van der Waals surface area contributed by atoms with Gasteiger partial charge in [-0.3, -0.25) is 0 Å². The van der Waals surface area contributed by atoms with Gasteiger partial charge in [-0.1, -0.05) is 11.6 Å². The predicted molar refractivity (Wildman–Crippen MR) is 77.6 cm³/mol. The summed E-state index contributed by atoms with van der Waals surface area (Å²) in [6, 6.07) is 8.77. The molecule has 1 N–H and O–H groups in total. The normalized spacial score (nSPS) is 10.2. The summed E-state index contributed by atoms with van der Waals surface area (Å²) in [5, 5.41) is 12.1. The highest BCUT2D eigenvalue weighted by Gasteiger charge is 2.11. The van der Waals surface area contributed by atoms with Gasteiger partial charge < -0.3 is 5.32 Å². The van der Waals surface area contributed by atoms with E-state index in [9.17, 15) is 8.78 Å². The molecule has 20 heavy (non-hydrogen) atoms. The van der Waals surface area contributed by atoms with Crippen molar-refractivity contribution in [2.45, 2.75) is 6.54 Å². The van der Waals surface area contributed by atoms with E-state index in [-0.39, 0.29) is 17.7 Å². The van der Waals surface area contributed by atoms with Crippen LogP contribution in [0.1, 0.15) is 11.1 Å². The number of halogens is 4. The van der Waals surface area contributed by atoms with Crippen LogP contribution in [0.15, 0.2) is 34.8 Å². The molecule has 0 fully saturated rings. The van der Waals surface area contributed by atoms with E-state index in [1.54, 1.807) is 24.3 Å². The molecule has 102 valence electrons. The van der Waals surface area contributed by atoms with E-state index in [0.717, 1.165) is 12.1 Å². The first-order valence-corrected chi connectivity index (χ1v) is 6.75. The zero-order chi connectivity index (χ0) is 14.7. The average molecular weight is 358 g/mol. The Morgan fingerprint density at radius 2 is 1.85 bits per heavy atom. The van der Waals surface area contributed by atoms with Gasteiger partial charge in [0.15, 0.2) is 0 Å². The van der Waals surface area contributed by atoms with Crippen molar-refractivity contribution in [3.63, 3.8) is 0 Å². The summed E-state index contributed by atoms with van der Waals surface area (Å²) in [5.74, 6) is -1.50. The van der Waals surface area contributed by atoms with Crippen molar-refractivity contribution < 1.29 is 8.78 Å². The van der Waals surface area contributed by atoms with Gasteiger partial charge >= 0.3 is 0 Å². The molecular weight excluding hydrogens is 350 g/mol. The molecule has 0 unspecified atom stereocenters. The maximum absolute atomic E-state index is 13.7. The Labute approximate surface area is 128 Å². The lowest BCUT2D eigenvalue weighted by molar-refractivity contribution is 0.559. The van der Waals surface area contributed by atoms with Crippen molar-refractivity contribution in [2.75, 3.05) is 5.32 Å². The Morgan fingerprint density at radius 3 is 2.40 bits per heavy atom. The maximum atomic E-state index is 13.7. The summed E-state index contributed by atoms with van der Waals surface area (Å²) in [5.41, 5.74) is 0.500. The van der Waals surface area contributed by atoms with Crippen LogP contribution in [0.25, 0.3) is 0 Å². The maximum Gasteiger partial charge on any atom is 0.132 e. The number of nitriles is 1. The topological polar surface area (TPSA) is 35.8 Å². The van der Waals surface area contributed by atoms with Gasteiger partial charge in [0.2, 0.25) is 0 Å². The Bertz CT molecular complexity index is 675. The smallest absolute Gasteiger partial charge is 0.132 e. The van der Waals surface area contributed by atoms with Gasteiger partial charge in [0.05, 0.1) is 11.6 Å². The number of nitrogens with zero attached hydrogens (tertiary/aromatic N) is 1. The molecule has 0 saturated heterocycles. The van der Waals surface area contributed by atoms with Crippen LogP contribution in [0.3, 0.4) is 0 Å². The minimum atomic E-state index is -0.751. The quantitative estimate of drug-likeness (QED) is 0.851. The fourth-order valence-electron chi connectivity index (χ4n) is 1.65. The Kier molecular flexibility index (Phi) is 4.58. The minimum Gasteiger partial charge on any atom is -0.380 e. The minimum absolute atomic E-state index is 0.0381. The summed E-state index contributed by atoms with van der Waals surface area (Å²) in [6.07, 6.45) is 0. The van der Waals surface area contributed by atoms with Gasteiger partial charge in [-0.05, 0) is 46.3 Å². The molecular formula is C14H8BrClF2N2. The van der Waals surface area contributed by atoms with E-state index < -0.39 is 11.6 Å². The van der Waals surface area contributed by atoms with E-state index in [2.05, 4.69) is 21.2 Å². The number of hydrogen-bond donors (Lipinski definition) is 1. The molecule has 2 aromatic carbocycles. The van der Waals surface area contributed by atoms with Crippen LogP contribution in [0.4, 0.5) is 14.5 Å². The van der Waals surface area contributed by atoms with Crippen LogP contribution in [0.2, 0.25) is 5.02 Å². The summed E-state index contributed by atoms with van der Waals surface area (Å²) in [4.78, 5) is 0. The zero-order valence-corrected chi connectivity index (χ0v) is 12.4. The highest BCUT2D eigenvalue weighted by atomic mass is 79.9. The molecule has 0 amide bonds. The van der Waals surface area contributed by atoms with Crippen molar-refractivity contribution in [3.05, 3.63) is 62.6 Å². The Hall–Kier alpha value is -1.64. The number of benzene rings is 2. The molecule has 0 aromatic heterocycles.